The van der Waals surface area contributed by atoms with Crippen molar-refractivity contribution in [1.29, 1.82) is 0 Å². The van der Waals surface area contributed by atoms with E-state index >= 15 is 0 Å². The lowest BCUT2D eigenvalue weighted by atomic mass is 10.1. The molecule has 26 heavy (non-hydrogen) atoms. The topological polar surface area (TPSA) is 67.9 Å². The molecule has 2 saturated heterocycles. The van der Waals surface area contributed by atoms with Crippen LogP contribution in [0, 0.1) is 5.92 Å². The number of ether oxygens (including phenoxy) is 2. The van der Waals surface area contributed by atoms with E-state index in [1.165, 1.54) is 0 Å². The number of benzene rings is 1. The highest BCUT2D eigenvalue weighted by atomic mass is 79.9. The van der Waals surface area contributed by atoms with Crippen LogP contribution in [0.25, 0.3) is 0 Å². The van der Waals surface area contributed by atoms with Crippen LogP contribution >= 0.6 is 15.9 Å². The highest BCUT2D eigenvalue weighted by Crippen LogP contribution is 2.31. The summed E-state index contributed by atoms with van der Waals surface area (Å²) in [6, 6.07) is 7.57. The van der Waals surface area contributed by atoms with E-state index in [4.69, 9.17) is 9.47 Å². The van der Waals surface area contributed by atoms with E-state index in [1.54, 1.807) is 4.90 Å². The molecule has 2 aliphatic rings. The van der Waals surface area contributed by atoms with Crippen LogP contribution in [0.4, 0.5) is 5.69 Å². The molecule has 2 unspecified atom stereocenters. The molecular formula is C19H25BrN2O4. The Balaban J connectivity index is 1.37. The molecule has 0 saturated carbocycles. The van der Waals surface area contributed by atoms with Crippen molar-refractivity contribution in [2.45, 2.75) is 31.8 Å². The van der Waals surface area contributed by atoms with E-state index in [0.717, 1.165) is 36.0 Å². The van der Waals surface area contributed by atoms with Gasteiger partial charge in [0, 0.05) is 30.8 Å². The number of hydrogen-bond donors (Lipinski definition) is 1. The number of hydrogen-bond acceptors (Lipinski definition) is 4. The normalized spacial score (nSPS) is 22.8. The van der Waals surface area contributed by atoms with Crippen LogP contribution in [0.3, 0.4) is 0 Å². The zero-order valence-corrected chi connectivity index (χ0v) is 16.4. The number of rotatable bonds is 8. The van der Waals surface area contributed by atoms with Gasteiger partial charge in [-0.25, -0.2) is 0 Å². The van der Waals surface area contributed by atoms with Crippen LogP contribution < -0.4 is 10.2 Å². The second-order valence-electron chi connectivity index (χ2n) is 6.64. The third kappa shape index (κ3) is 4.84. The van der Waals surface area contributed by atoms with E-state index in [-0.39, 0.29) is 17.9 Å². The van der Waals surface area contributed by atoms with Gasteiger partial charge in [-0.1, -0.05) is 12.1 Å². The maximum Gasteiger partial charge on any atom is 0.239 e. The molecule has 2 atom stereocenters. The minimum Gasteiger partial charge on any atom is -0.379 e. The Morgan fingerprint density at radius 1 is 1.35 bits per heavy atom. The Morgan fingerprint density at radius 2 is 2.19 bits per heavy atom. The largest absolute Gasteiger partial charge is 0.379 e. The van der Waals surface area contributed by atoms with Gasteiger partial charge in [0.15, 0.2) is 0 Å². The van der Waals surface area contributed by atoms with Crippen LogP contribution in [0.2, 0.25) is 0 Å². The number of halogens is 1. The number of para-hydroxylation sites is 1. The predicted molar refractivity (Wildman–Crippen MR) is 102 cm³/mol. The summed E-state index contributed by atoms with van der Waals surface area (Å²) in [6.45, 7) is 3.11. The van der Waals surface area contributed by atoms with E-state index in [1.807, 2.05) is 24.3 Å². The molecule has 142 valence electrons. The predicted octanol–water partition coefficient (Wildman–Crippen LogP) is 2.50. The Kier molecular flexibility index (Phi) is 7.05. The Labute approximate surface area is 162 Å². The van der Waals surface area contributed by atoms with Crippen LogP contribution in [0.1, 0.15) is 25.7 Å². The third-order valence-corrected chi connectivity index (χ3v) is 5.43. The van der Waals surface area contributed by atoms with Gasteiger partial charge in [0.1, 0.15) is 5.92 Å². The lowest BCUT2D eigenvalue weighted by Crippen LogP contribution is -2.37. The van der Waals surface area contributed by atoms with Gasteiger partial charge in [0.05, 0.1) is 18.4 Å². The summed E-state index contributed by atoms with van der Waals surface area (Å²) in [5.74, 6) is -0.928. The first-order valence-electron chi connectivity index (χ1n) is 9.20. The first kappa shape index (κ1) is 19.3. The second-order valence-corrected chi connectivity index (χ2v) is 7.49. The van der Waals surface area contributed by atoms with Crippen molar-refractivity contribution in [3.63, 3.8) is 0 Å². The molecule has 7 heteroatoms. The molecule has 0 aromatic heterocycles. The number of amides is 2. The van der Waals surface area contributed by atoms with Crippen LogP contribution in [0.5, 0.6) is 0 Å². The van der Waals surface area contributed by atoms with E-state index in [9.17, 15) is 9.59 Å². The lowest BCUT2D eigenvalue weighted by molar-refractivity contribution is -0.132. The molecule has 1 aromatic carbocycles. The molecule has 1 aromatic rings. The van der Waals surface area contributed by atoms with Gasteiger partial charge in [-0.15, -0.1) is 0 Å². The summed E-state index contributed by atoms with van der Waals surface area (Å²) in [7, 11) is 0. The lowest BCUT2D eigenvalue weighted by Gasteiger charge is -2.18. The highest BCUT2D eigenvalue weighted by molar-refractivity contribution is 9.10. The smallest absolute Gasteiger partial charge is 0.239 e. The molecule has 3 rings (SSSR count). The molecule has 2 fully saturated rings. The Bertz CT molecular complexity index is 634. The fourth-order valence-electron chi connectivity index (χ4n) is 3.33. The third-order valence-electron chi connectivity index (χ3n) is 4.76. The van der Waals surface area contributed by atoms with Crippen molar-refractivity contribution in [1.82, 2.24) is 5.32 Å². The summed E-state index contributed by atoms with van der Waals surface area (Å²) in [6.07, 6.45) is 3.67. The summed E-state index contributed by atoms with van der Waals surface area (Å²) in [5.41, 5.74) is 0.815. The van der Waals surface area contributed by atoms with E-state index < -0.39 is 5.92 Å². The first-order valence-corrected chi connectivity index (χ1v) is 9.99. The number of carbonyl (C=O) groups excluding carboxylic acids is 2. The molecule has 2 aliphatic heterocycles. The second kappa shape index (κ2) is 9.48. The summed E-state index contributed by atoms with van der Waals surface area (Å²) in [4.78, 5) is 26.6. The van der Waals surface area contributed by atoms with Gasteiger partial charge in [0.2, 0.25) is 11.8 Å². The number of anilines is 1. The number of nitrogens with zero attached hydrogens (tertiary/aromatic N) is 1. The van der Waals surface area contributed by atoms with Gasteiger partial charge in [-0.3, -0.25) is 9.59 Å². The molecule has 0 aliphatic carbocycles. The van der Waals surface area contributed by atoms with Gasteiger partial charge in [-0.05, 0) is 53.7 Å². The van der Waals surface area contributed by atoms with Crippen molar-refractivity contribution < 1.29 is 19.1 Å². The highest BCUT2D eigenvalue weighted by Gasteiger charge is 2.37. The van der Waals surface area contributed by atoms with Crippen molar-refractivity contribution >= 4 is 33.4 Å². The van der Waals surface area contributed by atoms with Crippen LogP contribution in [-0.2, 0) is 19.1 Å². The van der Waals surface area contributed by atoms with Crippen molar-refractivity contribution in [2.75, 3.05) is 37.8 Å². The standard InChI is InChI=1S/C19H25BrN2O4/c20-16-6-1-2-7-17(16)22-10-8-15(19(22)24)18(23)21-9-4-11-25-13-14-5-3-12-26-14/h1-2,6-7,14-15H,3-5,8-13H2,(H,21,23). The Hall–Kier alpha value is -1.44. The molecule has 0 radical (unpaired) electrons. The maximum absolute atomic E-state index is 12.6. The van der Waals surface area contributed by atoms with Crippen LogP contribution in [0.15, 0.2) is 28.7 Å². The molecule has 6 nitrogen and oxygen atoms in total. The van der Waals surface area contributed by atoms with Gasteiger partial charge < -0.3 is 19.7 Å². The van der Waals surface area contributed by atoms with Gasteiger partial charge in [0.25, 0.3) is 0 Å². The monoisotopic (exact) mass is 424 g/mol. The summed E-state index contributed by atoms with van der Waals surface area (Å²) in [5, 5.41) is 2.86. The fraction of sp³-hybridized carbons (Fsp3) is 0.579. The summed E-state index contributed by atoms with van der Waals surface area (Å²) >= 11 is 3.46. The fourth-order valence-corrected chi connectivity index (χ4v) is 3.83. The van der Waals surface area contributed by atoms with Gasteiger partial charge in [-0.2, -0.15) is 0 Å². The van der Waals surface area contributed by atoms with Crippen LogP contribution in [-0.4, -0.2) is 50.8 Å². The van der Waals surface area contributed by atoms with E-state index in [2.05, 4.69) is 21.2 Å². The number of nitrogens with one attached hydrogen (secondary N) is 1. The Morgan fingerprint density at radius 3 is 2.96 bits per heavy atom. The molecule has 1 N–H and O–H groups in total. The molecule has 0 bridgehead atoms. The van der Waals surface area contributed by atoms with Crippen molar-refractivity contribution in [2.24, 2.45) is 5.92 Å². The zero-order valence-electron chi connectivity index (χ0n) is 14.8. The molecular weight excluding hydrogens is 400 g/mol. The van der Waals surface area contributed by atoms with Crippen molar-refractivity contribution in [3.8, 4) is 0 Å². The average Bonchev–Trinajstić information content (AvgIpc) is 3.28. The molecule has 2 heterocycles. The molecule has 0 spiro atoms. The van der Waals surface area contributed by atoms with Crippen molar-refractivity contribution in [3.05, 3.63) is 28.7 Å². The summed E-state index contributed by atoms with van der Waals surface area (Å²) < 4.78 is 11.9. The average molecular weight is 425 g/mol. The quantitative estimate of drug-likeness (QED) is 0.514. The number of carbonyl (C=O) groups is 2. The SMILES string of the molecule is O=C(NCCCOCC1CCCO1)C1CCN(c2ccccc2Br)C1=O. The maximum atomic E-state index is 12.6. The van der Waals surface area contributed by atoms with Gasteiger partial charge >= 0.3 is 0 Å². The minimum absolute atomic E-state index is 0.135. The first-order chi connectivity index (χ1) is 12.7. The zero-order chi connectivity index (χ0) is 18.4. The minimum atomic E-state index is -0.602. The molecule has 2 amide bonds. The van der Waals surface area contributed by atoms with E-state index in [0.29, 0.717) is 32.7 Å².